The van der Waals surface area contributed by atoms with Crippen molar-refractivity contribution in [1.82, 2.24) is 14.5 Å². The molecular formula is C14H24N4O. The Morgan fingerprint density at radius 2 is 2.16 bits per heavy atom. The highest BCUT2D eigenvalue weighted by molar-refractivity contribution is 5.31. The summed E-state index contributed by atoms with van der Waals surface area (Å²) in [5, 5.41) is 3.19. The van der Waals surface area contributed by atoms with Crippen molar-refractivity contribution >= 4 is 5.82 Å². The maximum atomic E-state index is 12.2. The third-order valence-corrected chi connectivity index (χ3v) is 3.81. The van der Waals surface area contributed by atoms with Gasteiger partial charge in [-0.1, -0.05) is 0 Å². The number of hydrogen-bond acceptors (Lipinski definition) is 4. The van der Waals surface area contributed by atoms with E-state index in [1.807, 2.05) is 13.8 Å². The predicted molar refractivity (Wildman–Crippen MR) is 77.6 cm³/mol. The van der Waals surface area contributed by atoms with Gasteiger partial charge in [0, 0.05) is 37.1 Å². The van der Waals surface area contributed by atoms with Gasteiger partial charge in [0.05, 0.1) is 0 Å². The lowest BCUT2D eigenvalue weighted by atomic mass is 10.3. The van der Waals surface area contributed by atoms with Crippen molar-refractivity contribution in [2.75, 3.05) is 18.9 Å². The molecule has 5 heteroatoms. The molecule has 0 radical (unpaired) electrons. The topological polar surface area (TPSA) is 50.2 Å². The Morgan fingerprint density at radius 3 is 2.74 bits per heavy atom. The highest BCUT2D eigenvalue weighted by Gasteiger charge is 2.29. The van der Waals surface area contributed by atoms with Crippen LogP contribution in [0.15, 0.2) is 17.2 Å². The highest BCUT2D eigenvalue weighted by Crippen LogP contribution is 2.26. The monoisotopic (exact) mass is 264 g/mol. The van der Waals surface area contributed by atoms with Gasteiger partial charge in [-0.3, -0.25) is 9.69 Å². The van der Waals surface area contributed by atoms with Crippen molar-refractivity contribution in [3.63, 3.8) is 0 Å². The minimum atomic E-state index is -0.0428. The molecule has 1 unspecified atom stereocenters. The Bertz CT molecular complexity index is 479. The first-order valence-corrected chi connectivity index (χ1v) is 7.03. The van der Waals surface area contributed by atoms with Crippen LogP contribution >= 0.6 is 0 Å². The molecule has 1 aromatic rings. The summed E-state index contributed by atoms with van der Waals surface area (Å²) >= 11 is 0. The highest BCUT2D eigenvalue weighted by atomic mass is 16.1. The molecule has 5 nitrogen and oxygen atoms in total. The lowest BCUT2D eigenvalue weighted by Crippen LogP contribution is -2.37. The summed E-state index contributed by atoms with van der Waals surface area (Å²) in [5.74, 6) is 0.451. The molecule has 0 bridgehead atoms. The van der Waals surface area contributed by atoms with Crippen LogP contribution in [0.2, 0.25) is 0 Å². The number of anilines is 1. The zero-order chi connectivity index (χ0) is 14.0. The molecular weight excluding hydrogens is 240 g/mol. The van der Waals surface area contributed by atoms with E-state index < -0.39 is 0 Å². The molecule has 1 aliphatic carbocycles. The quantitative estimate of drug-likeness (QED) is 0.850. The Hall–Kier alpha value is -1.36. The van der Waals surface area contributed by atoms with Crippen LogP contribution in [-0.4, -0.2) is 40.1 Å². The van der Waals surface area contributed by atoms with Gasteiger partial charge in [-0.2, -0.15) is 0 Å². The number of nitrogens with zero attached hydrogens (tertiary/aromatic N) is 3. The SMILES string of the molecule is CC(CNc1nccn(C(C)C)c1=O)N(C)C1CC1. The van der Waals surface area contributed by atoms with E-state index >= 15 is 0 Å². The fourth-order valence-electron chi connectivity index (χ4n) is 2.18. The van der Waals surface area contributed by atoms with Gasteiger partial charge in [-0.05, 0) is 40.7 Å². The van der Waals surface area contributed by atoms with Crippen molar-refractivity contribution in [2.24, 2.45) is 0 Å². The number of nitrogens with one attached hydrogen (secondary N) is 1. The summed E-state index contributed by atoms with van der Waals surface area (Å²) in [6.45, 7) is 6.91. The van der Waals surface area contributed by atoms with Crippen LogP contribution in [0.25, 0.3) is 0 Å². The minimum Gasteiger partial charge on any atom is -0.364 e. The van der Waals surface area contributed by atoms with E-state index in [4.69, 9.17) is 0 Å². The molecule has 0 amide bonds. The van der Waals surface area contributed by atoms with Crippen molar-refractivity contribution in [3.8, 4) is 0 Å². The Morgan fingerprint density at radius 1 is 1.47 bits per heavy atom. The molecule has 1 fully saturated rings. The normalized spacial score (nSPS) is 16.9. The van der Waals surface area contributed by atoms with Gasteiger partial charge in [0.1, 0.15) is 0 Å². The first-order valence-electron chi connectivity index (χ1n) is 7.03. The fourth-order valence-corrected chi connectivity index (χ4v) is 2.18. The van der Waals surface area contributed by atoms with Gasteiger partial charge in [0.25, 0.3) is 5.56 Å². The summed E-state index contributed by atoms with van der Waals surface area (Å²) in [7, 11) is 2.15. The molecule has 0 spiro atoms. The zero-order valence-electron chi connectivity index (χ0n) is 12.3. The van der Waals surface area contributed by atoms with E-state index in [9.17, 15) is 4.79 Å². The first-order chi connectivity index (χ1) is 9.00. The molecule has 19 heavy (non-hydrogen) atoms. The molecule has 2 rings (SSSR count). The number of likely N-dealkylation sites (N-methyl/N-ethyl adjacent to an activating group) is 1. The molecule has 1 heterocycles. The third kappa shape index (κ3) is 3.35. The van der Waals surface area contributed by atoms with E-state index in [-0.39, 0.29) is 11.6 Å². The van der Waals surface area contributed by atoms with Gasteiger partial charge in [0.2, 0.25) is 0 Å². The van der Waals surface area contributed by atoms with Crippen molar-refractivity contribution in [2.45, 2.75) is 51.7 Å². The second-order valence-electron chi connectivity index (χ2n) is 5.71. The average molecular weight is 264 g/mol. The van der Waals surface area contributed by atoms with Gasteiger partial charge >= 0.3 is 0 Å². The molecule has 0 aliphatic heterocycles. The van der Waals surface area contributed by atoms with Crippen LogP contribution in [0.1, 0.15) is 39.7 Å². The number of aromatic nitrogens is 2. The van der Waals surface area contributed by atoms with E-state index in [0.717, 1.165) is 12.6 Å². The smallest absolute Gasteiger partial charge is 0.293 e. The van der Waals surface area contributed by atoms with Crippen LogP contribution in [-0.2, 0) is 0 Å². The second kappa shape index (κ2) is 5.74. The van der Waals surface area contributed by atoms with Crippen LogP contribution in [0.5, 0.6) is 0 Å². The molecule has 1 saturated carbocycles. The van der Waals surface area contributed by atoms with Crippen molar-refractivity contribution < 1.29 is 0 Å². The second-order valence-corrected chi connectivity index (χ2v) is 5.71. The first kappa shape index (κ1) is 14.1. The molecule has 0 saturated heterocycles. The third-order valence-electron chi connectivity index (χ3n) is 3.81. The minimum absolute atomic E-state index is 0.0428. The number of hydrogen-bond donors (Lipinski definition) is 1. The van der Waals surface area contributed by atoms with Gasteiger partial charge in [-0.25, -0.2) is 4.98 Å². The summed E-state index contributed by atoms with van der Waals surface area (Å²) in [4.78, 5) is 18.7. The maximum Gasteiger partial charge on any atom is 0.293 e. The molecule has 1 atom stereocenters. The standard InChI is InChI=1S/C14H24N4O/c1-10(2)18-8-7-15-13(14(18)19)16-9-11(3)17(4)12-5-6-12/h7-8,10-12H,5-6,9H2,1-4H3,(H,15,16). The summed E-state index contributed by atoms with van der Waals surface area (Å²) in [6.07, 6.45) is 6.01. The molecule has 1 aromatic heterocycles. The molecule has 106 valence electrons. The Labute approximate surface area is 114 Å². The van der Waals surface area contributed by atoms with Crippen molar-refractivity contribution in [1.29, 1.82) is 0 Å². The van der Waals surface area contributed by atoms with E-state index in [1.165, 1.54) is 12.8 Å². The number of rotatable bonds is 6. The van der Waals surface area contributed by atoms with Crippen LogP contribution in [0.3, 0.4) is 0 Å². The largest absolute Gasteiger partial charge is 0.364 e. The zero-order valence-corrected chi connectivity index (χ0v) is 12.3. The molecule has 1 aliphatic rings. The molecule has 0 aromatic carbocycles. The molecule has 1 N–H and O–H groups in total. The summed E-state index contributed by atoms with van der Waals surface area (Å²) in [6, 6.07) is 1.29. The van der Waals surface area contributed by atoms with Gasteiger partial charge in [-0.15, -0.1) is 0 Å². The average Bonchev–Trinajstić information content (AvgIpc) is 3.20. The van der Waals surface area contributed by atoms with Crippen LogP contribution in [0.4, 0.5) is 5.82 Å². The van der Waals surface area contributed by atoms with E-state index in [2.05, 4.69) is 29.2 Å². The Kier molecular flexibility index (Phi) is 4.24. The lowest BCUT2D eigenvalue weighted by molar-refractivity contribution is 0.257. The van der Waals surface area contributed by atoms with Gasteiger partial charge < -0.3 is 9.88 Å². The van der Waals surface area contributed by atoms with Crippen LogP contribution in [0, 0.1) is 0 Å². The predicted octanol–water partition coefficient (Wildman–Crippen LogP) is 1.72. The van der Waals surface area contributed by atoms with Crippen LogP contribution < -0.4 is 10.9 Å². The summed E-state index contributed by atoms with van der Waals surface area (Å²) in [5.41, 5.74) is -0.0428. The van der Waals surface area contributed by atoms with E-state index in [0.29, 0.717) is 11.9 Å². The maximum absolute atomic E-state index is 12.2. The fraction of sp³-hybridized carbons (Fsp3) is 0.714. The Balaban J connectivity index is 1.99. The summed E-state index contributed by atoms with van der Waals surface area (Å²) < 4.78 is 1.70. The van der Waals surface area contributed by atoms with E-state index in [1.54, 1.807) is 17.0 Å². The van der Waals surface area contributed by atoms with Gasteiger partial charge in [0.15, 0.2) is 5.82 Å². The van der Waals surface area contributed by atoms with Crippen molar-refractivity contribution in [3.05, 3.63) is 22.7 Å². The lowest BCUT2D eigenvalue weighted by Gasteiger charge is -2.24.